The van der Waals surface area contributed by atoms with Crippen molar-refractivity contribution in [3.05, 3.63) is 28.2 Å². The van der Waals surface area contributed by atoms with Gasteiger partial charge in [-0.15, -0.1) is 0 Å². The number of rotatable bonds is 5. The van der Waals surface area contributed by atoms with E-state index < -0.39 is 6.10 Å². The van der Waals surface area contributed by atoms with Crippen LogP contribution in [-0.2, 0) is 14.3 Å². The lowest BCUT2D eigenvalue weighted by molar-refractivity contribution is -0.159. The molecule has 0 radical (unpaired) electrons. The molecule has 1 saturated heterocycles. The first-order valence-electron chi connectivity index (χ1n) is 6.60. The maximum Gasteiger partial charge on any atom is 0.336 e. The van der Waals surface area contributed by atoms with Crippen LogP contribution in [0.5, 0.6) is 5.75 Å². The summed E-state index contributed by atoms with van der Waals surface area (Å²) in [7, 11) is 1.35. The van der Waals surface area contributed by atoms with Gasteiger partial charge in [0.15, 0.2) is 11.9 Å². The van der Waals surface area contributed by atoms with Crippen molar-refractivity contribution in [2.75, 3.05) is 40.0 Å². The molecule has 2 rings (SSSR count). The molecule has 1 fully saturated rings. The molecule has 7 heteroatoms. The highest BCUT2D eigenvalue weighted by Crippen LogP contribution is 2.32. The van der Waals surface area contributed by atoms with Gasteiger partial charge in [-0.1, -0.05) is 29.3 Å². The quantitative estimate of drug-likeness (QED) is 0.773. The number of hydrogen-bond acceptors (Lipinski definition) is 5. The lowest BCUT2D eigenvalue weighted by Crippen LogP contribution is -2.47. The molecule has 1 heterocycles. The summed E-state index contributed by atoms with van der Waals surface area (Å²) >= 11 is 12.1. The number of nitrogens with zero attached hydrogens (tertiary/aromatic N) is 1. The zero-order valence-corrected chi connectivity index (χ0v) is 13.2. The Hall–Kier alpha value is -1.01. The van der Waals surface area contributed by atoms with E-state index in [1.165, 1.54) is 7.11 Å². The SMILES string of the molecule is COC(=O)C1CN(CCOc2c(Cl)cccc2Cl)CCO1. The van der Waals surface area contributed by atoms with Gasteiger partial charge < -0.3 is 14.2 Å². The first kappa shape index (κ1) is 16.4. The summed E-state index contributed by atoms with van der Waals surface area (Å²) in [5.74, 6) is 0.133. The van der Waals surface area contributed by atoms with Crippen LogP contribution in [0.3, 0.4) is 0 Å². The van der Waals surface area contributed by atoms with Crippen LogP contribution in [0.4, 0.5) is 0 Å². The topological polar surface area (TPSA) is 48.0 Å². The number of methoxy groups -OCH3 is 1. The van der Waals surface area contributed by atoms with Gasteiger partial charge in [-0.05, 0) is 12.1 Å². The van der Waals surface area contributed by atoms with Crippen LogP contribution in [0.1, 0.15) is 0 Å². The van der Waals surface area contributed by atoms with Crippen LogP contribution in [0.25, 0.3) is 0 Å². The van der Waals surface area contributed by atoms with Crippen molar-refractivity contribution in [3.63, 3.8) is 0 Å². The van der Waals surface area contributed by atoms with Gasteiger partial charge in [0.2, 0.25) is 0 Å². The number of carbonyl (C=O) groups excluding carboxylic acids is 1. The van der Waals surface area contributed by atoms with Gasteiger partial charge in [-0.25, -0.2) is 4.79 Å². The Bertz CT molecular complexity index is 478. The third-order valence-electron chi connectivity index (χ3n) is 3.19. The van der Waals surface area contributed by atoms with Crippen LogP contribution in [0.15, 0.2) is 18.2 Å². The second-order valence-electron chi connectivity index (χ2n) is 4.58. The Balaban J connectivity index is 1.82. The molecule has 1 atom stereocenters. The fourth-order valence-electron chi connectivity index (χ4n) is 2.08. The van der Waals surface area contributed by atoms with E-state index in [1.807, 2.05) is 0 Å². The van der Waals surface area contributed by atoms with Crippen LogP contribution in [0.2, 0.25) is 10.0 Å². The van der Waals surface area contributed by atoms with E-state index in [0.29, 0.717) is 42.1 Å². The van der Waals surface area contributed by atoms with Crippen molar-refractivity contribution < 1.29 is 19.0 Å². The number of para-hydroxylation sites is 1. The lowest BCUT2D eigenvalue weighted by atomic mass is 10.2. The number of carbonyl (C=O) groups is 1. The average molecular weight is 334 g/mol. The van der Waals surface area contributed by atoms with E-state index in [0.717, 1.165) is 6.54 Å². The van der Waals surface area contributed by atoms with Gasteiger partial charge in [-0.3, -0.25) is 4.90 Å². The highest BCUT2D eigenvalue weighted by Gasteiger charge is 2.27. The number of ether oxygens (including phenoxy) is 3. The lowest BCUT2D eigenvalue weighted by Gasteiger charge is -2.31. The summed E-state index contributed by atoms with van der Waals surface area (Å²) in [5.41, 5.74) is 0. The van der Waals surface area contributed by atoms with Gasteiger partial charge in [0.25, 0.3) is 0 Å². The fourth-order valence-corrected chi connectivity index (χ4v) is 2.58. The number of halogens is 2. The second-order valence-corrected chi connectivity index (χ2v) is 5.40. The van der Waals surface area contributed by atoms with Crippen molar-refractivity contribution >= 4 is 29.2 Å². The molecular formula is C14H17Cl2NO4. The number of esters is 1. The fraction of sp³-hybridized carbons (Fsp3) is 0.500. The highest BCUT2D eigenvalue weighted by atomic mass is 35.5. The Kier molecular flexibility index (Phi) is 6.11. The molecule has 0 saturated carbocycles. The zero-order valence-electron chi connectivity index (χ0n) is 11.7. The Morgan fingerprint density at radius 2 is 2.14 bits per heavy atom. The highest BCUT2D eigenvalue weighted by molar-refractivity contribution is 6.37. The van der Waals surface area contributed by atoms with E-state index in [9.17, 15) is 4.79 Å². The van der Waals surface area contributed by atoms with E-state index >= 15 is 0 Å². The molecule has 1 aliphatic rings. The van der Waals surface area contributed by atoms with Crippen LogP contribution >= 0.6 is 23.2 Å². The largest absolute Gasteiger partial charge is 0.489 e. The molecule has 21 heavy (non-hydrogen) atoms. The number of morpholine rings is 1. The molecule has 1 unspecified atom stereocenters. The molecule has 1 aliphatic heterocycles. The maximum atomic E-state index is 11.5. The van der Waals surface area contributed by atoms with Gasteiger partial charge in [0, 0.05) is 19.6 Å². The van der Waals surface area contributed by atoms with Gasteiger partial charge >= 0.3 is 5.97 Å². The molecule has 0 amide bonds. The molecule has 0 spiro atoms. The minimum Gasteiger partial charge on any atom is -0.489 e. The van der Waals surface area contributed by atoms with E-state index in [4.69, 9.17) is 32.7 Å². The summed E-state index contributed by atoms with van der Waals surface area (Å²) in [6, 6.07) is 5.22. The first-order valence-corrected chi connectivity index (χ1v) is 7.36. The standard InChI is InChI=1S/C14H17Cl2NO4/c1-19-14(18)12-9-17(5-7-20-12)6-8-21-13-10(15)3-2-4-11(13)16/h2-4,12H,5-9H2,1H3. The van der Waals surface area contributed by atoms with E-state index in [-0.39, 0.29) is 5.97 Å². The molecule has 0 N–H and O–H groups in total. The summed E-state index contributed by atoms with van der Waals surface area (Å²) in [4.78, 5) is 13.5. The number of hydrogen-bond donors (Lipinski definition) is 0. The summed E-state index contributed by atoms with van der Waals surface area (Å²) in [5, 5.41) is 0.967. The van der Waals surface area contributed by atoms with E-state index in [1.54, 1.807) is 18.2 Å². The predicted octanol–water partition coefficient (Wildman–Crippen LogP) is 2.25. The van der Waals surface area contributed by atoms with Crippen molar-refractivity contribution in [3.8, 4) is 5.75 Å². The Morgan fingerprint density at radius 3 is 2.81 bits per heavy atom. The van der Waals surface area contributed by atoms with Crippen LogP contribution in [0, 0.1) is 0 Å². The molecule has 0 aliphatic carbocycles. The van der Waals surface area contributed by atoms with Crippen molar-refractivity contribution in [1.82, 2.24) is 4.90 Å². The number of benzene rings is 1. The zero-order chi connectivity index (χ0) is 15.2. The van der Waals surface area contributed by atoms with Crippen LogP contribution < -0.4 is 4.74 Å². The third kappa shape index (κ3) is 4.48. The maximum absolute atomic E-state index is 11.5. The van der Waals surface area contributed by atoms with Crippen molar-refractivity contribution in [2.45, 2.75) is 6.10 Å². The molecule has 5 nitrogen and oxygen atoms in total. The molecule has 1 aromatic carbocycles. The normalized spacial score (nSPS) is 19.3. The summed E-state index contributed by atoms with van der Waals surface area (Å²) in [6.07, 6.45) is -0.535. The third-order valence-corrected chi connectivity index (χ3v) is 3.78. The molecule has 0 aromatic heterocycles. The van der Waals surface area contributed by atoms with Gasteiger partial charge in [-0.2, -0.15) is 0 Å². The smallest absolute Gasteiger partial charge is 0.336 e. The monoisotopic (exact) mass is 333 g/mol. The van der Waals surface area contributed by atoms with Crippen molar-refractivity contribution in [2.24, 2.45) is 0 Å². The Labute approximate surface area is 133 Å². The molecule has 116 valence electrons. The van der Waals surface area contributed by atoms with Crippen LogP contribution in [-0.4, -0.2) is 56.9 Å². The van der Waals surface area contributed by atoms with Gasteiger partial charge in [0.1, 0.15) is 6.61 Å². The predicted molar refractivity (Wildman–Crippen MR) is 80.2 cm³/mol. The summed E-state index contributed by atoms with van der Waals surface area (Å²) < 4.78 is 15.7. The average Bonchev–Trinajstić information content (AvgIpc) is 2.50. The van der Waals surface area contributed by atoms with Gasteiger partial charge in [0.05, 0.1) is 23.8 Å². The molecular weight excluding hydrogens is 317 g/mol. The Morgan fingerprint density at radius 1 is 1.43 bits per heavy atom. The van der Waals surface area contributed by atoms with E-state index in [2.05, 4.69) is 9.64 Å². The second kappa shape index (κ2) is 7.84. The minimum absolute atomic E-state index is 0.352. The molecule has 0 bridgehead atoms. The van der Waals surface area contributed by atoms with Crippen molar-refractivity contribution in [1.29, 1.82) is 0 Å². The summed E-state index contributed by atoms with van der Waals surface area (Å²) in [6.45, 7) is 2.81. The minimum atomic E-state index is -0.535. The molecule has 1 aromatic rings. The first-order chi connectivity index (χ1) is 10.1.